The predicted molar refractivity (Wildman–Crippen MR) is 79.8 cm³/mol. The van der Waals surface area contributed by atoms with E-state index in [-0.39, 0.29) is 29.0 Å². The number of ether oxygens (including phenoxy) is 1. The number of thioether (sulfide) groups is 1. The fraction of sp³-hybridized carbons (Fsp3) is 0.182. The summed E-state index contributed by atoms with van der Waals surface area (Å²) in [6.07, 6.45) is 0. The average Bonchev–Trinajstić information content (AvgIpc) is 2.90. The van der Waals surface area contributed by atoms with Gasteiger partial charge in [-0.3, -0.25) is 14.9 Å². The number of anilines is 2. The highest BCUT2D eigenvalue weighted by Crippen LogP contribution is 2.29. The first kappa shape index (κ1) is 15.6. The number of non-ortho nitro benzene ring substituents is 1. The molecule has 116 valence electrons. The lowest BCUT2D eigenvalue weighted by Crippen LogP contribution is -2.15. The minimum Gasteiger partial charge on any atom is -0.495 e. The van der Waals surface area contributed by atoms with Gasteiger partial charge in [0.05, 0.1) is 23.5 Å². The van der Waals surface area contributed by atoms with E-state index in [1.54, 1.807) is 0 Å². The lowest BCUT2D eigenvalue weighted by Gasteiger charge is -2.09. The summed E-state index contributed by atoms with van der Waals surface area (Å²) in [7, 11) is 1.40. The molecule has 22 heavy (non-hydrogen) atoms. The summed E-state index contributed by atoms with van der Waals surface area (Å²) in [6, 6.07) is 3.93. The number of nitro benzene ring substituents is 1. The van der Waals surface area contributed by atoms with E-state index in [0.717, 1.165) is 11.8 Å². The first-order valence-corrected chi connectivity index (χ1v) is 6.91. The molecule has 0 bridgehead atoms. The van der Waals surface area contributed by atoms with Crippen LogP contribution in [0.4, 0.5) is 17.3 Å². The molecule has 0 aliphatic carbocycles. The molecule has 0 aliphatic heterocycles. The van der Waals surface area contributed by atoms with Crippen LogP contribution in [0.1, 0.15) is 0 Å². The Labute approximate surface area is 128 Å². The van der Waals surface area contributed by atoms with Crippen LogP contribution < -0.4 is 15.8 Å². The Kier molecular flexibility index (Phi) is 4.78. The Morgan fingerprint density at radius 3 is 2.95 bits per heavy atom. The van der Waals surface area contributed by atoms with E-state index < -0.39 is 4.92 Å². The first-order valence-electron chi connectivity index (χ1n) is 5.92. The number of hydrogen-bond donors (Lipinski definition) is 3. The summed E-state index contributed by atoms with van der Waals surface area (Å²) < 4.78 is 5.06. The molecule has 0 spiro atoms. The van der Waals surface area contributed by atoms with Crippen LogP contribution in [0.15, 0.2) is 23.4 Å². The summed E-state index contributed by atoms with van der Waals surface area (Å²) in [5.41, 5.74) is 5.44. The van der Waals surface area contributed by atoms with Crippen LogP contribution >= 0.6 is 11.8 Å². The number of carbonyl (C=O) groups is 1. The Hall–Kier alpha value is -2.82. The number of nitro groups is 1. The van der Waals surface area contributed by atoms with Gasteiger partial charge in [-0.15, -0.1) is 5.10 Å². The second kappa shape index (κ2) is 6.76. The van der Waals surface area contributed by atoms with Crippen molar-refractivity contribution in [2.24, 2.45) is 0 Å². The second-order valence-electron chi connectivity index (χ2n) is 3.98. The van der Waals surface area contributed by atoms with Gasteiger partial charge < -0.3 is 15.8 Å². The summed E-state index contributed by atoms with van der Waals surface area (Å²) >= 11 is 1.07. The van der Waals surface area contributed by atoms with Crippen LogP contribution in [-0.2, 0) is 4.79 Å². The lowest BCUT2D eigenvalue weighted by molar-refractivity contribution is -0.384. The number of carbonyl (C=O) groups excluding carboxylic acids is 1. The number of benzene rings is 1. The maximum Gasteiger partial charge on any atom is 0.271 e. The van der Waals surface area contributed by atoms with Crippen molar-refractivity contribution < 1.29 is 14.5 Å². The van der Waals surface area contributed by atoms with Gasteiger partial charge in [-0.2, -0.15) is 4.98 Å². The molecule has 0 saturated heterocycles. The second-order valence-corrected chi connectivity index (χ2v) is 4.92. The number of nitrogens with one attached hydrogen (secondary N) is 2. The van der Waals surface area contributed by atoms with E-state index in [9.17, 15) is 14.9 Å². The van der Waals surface area contributed by atoms with E-state index in [2.05, 4.69) is 20.5 Å². The molecule has 0 saturated carbocycles. The summed E-state index contributed by atoms with van der Waals surface area (Å²) in [6.45, 7) is 0. The Bertz CT molecular complexity index is 704. The minimum atomic E-state index is -0.555. The van der Waals surface area contributed by atoms with Gasteiger partial charge in [-0.25, -0.2) is 5.10 Å². The van der Waals surface area contributed by atoms with Gasteiger partial charge in [-0.05, 0) is 6.07 Å². The van der Waals surface area contributed by atoms with Crippen LogP contribution in [0.3, 0.4) is 0 Å². The standard InChI is InChI=1S/C11H12N6O4S/c1-21-8-3-2-6(17(19)20)4-7(8)13-9(18)5-22-11-14-10(12)15-16-11/h2-4H,5H2,1H3,(H,13,18)(H3,12,14,15,16). The fourth-order valence-corrected chi connectivity index (χ4v) is 2.15. The van der Waals surface area contributed by atoms with Crippen LogP contribution in [0, 0.1) is 10.1 Å². The highest BCUT2D eigenvalue weighted by molar-refractivity contribution is 7.99. The molecule has 11 heteroatoms. The predicted octanol–water partition coefficient (Wildman–Crippen LogP) is 1.03. The highest BCUT2D eigenvalue weighted by atomic mass is 32.2. The normalized spacial score (nSPS) is 10.2. The smallest absolute Gasteiger partial charge is 0.271 e. The molecule has 1 heterocycles. The van der Waals surface area contributed by atoms with E-state index >= 15 is 0 Å². The Balaban J connectivity index is 2.03. The first-order chi connectivity index (χ1) is 10.5. The monoisotopic (exact) mass is 324 g/mol. The highest BCUT2D eigenvalue weighted by Gasteiger charge is 2.14. The van der Waals surface area contributed by atoms with Gasteiger partial charge in [0.15, 0.2) is 0 Å². The summed E-state index contributed by atoms with van der Waals surface area (Å²) in [5.74, 6) is 0.116. The van der Waals surface area contributed by atoms with Crippen molar-refractivity contribution in [3.05, 3.63) is 28.3 Å². The van der Waals surface area contributed by atoms with Gasteiger partial charge in [0.1, 0.15) is 5.75 Å². The SMILES string of the molecule is COc1ccc([N+](=O)[O-])cc1NC(=O)CSc1n[nH]c(N)n1. The Morgan fingerprint density at radius 2 is 2.36 bits per heavy atom. The van der Waals surface area contributed by atoms with E-state index in [0.29, 0.717) is 10.9 Å². The van der Waals surface area contributed by atoms with Crippen molar-refractivity contribution in [1.82, 2.24) is 15.2 Å². The Morgan fingerprint density at radius 1 is 1.59 bits per heavy atom. The largest absolute Gasteiger partial charge is 0.495 e. The average molecular weight is 324 g/mol. The van der Waals surface area contributed by atoms with Crippen molar-refractivity contribution >= 4 is 35.0 Å². The summed E-state index contributed by atoms with van der Waals surface area (Å²) in [4.78, 5) is 25.9. The van der Waals surface area contributed by atoms with Crippen molar-refractivity contribution in [2.75, 3.05) is 23.9 Å². The molecule has 0 unspecified atom stereocenters. The molecule has 4 N–H and O–H groups in total. The van der Waals surface area contributed by atoms with Crippen LogP contribution in [-0.4, -0.2) is 38.9 Å². The number of rotatable bonds is 6. The van der Waals surface area contributed by atoms with Crippen LogP contribution in [0.5, 0.6) is 5.75 Å². The van der Waals surface area contributed by atoms with Crippen LogP contribution in [0.2, 0.25) is 0 Å². The quantitative estimate of drug-likeness (QED) is 0.405. The zero-order chi connectivity index (χ0) is 16.1. The number of aromatic amines is 1. The maximum absolute atomic E-state index is 11.9. The molecule has 1 amide bonds. The molecule has 2 aromatic rings. The van der Waals surface area contributed by atoms with Gasteiger partial charge in [0.2, 0.25) is 17.0 Å². The maximum atomic E-state index is 11.9. The van der Waals surface area contributed by atoms with Gasteiger partial charge in [0.25, 0.3) is 5.69 Å². The van der Waals surface area contributed by atoms with Gasteiger partial charge in [0, 0.05) is 12.1 Å². The molecule has 1 aromatic heterocycles. The number of nitrogens with zero attached hydrogens (tertiary/aromatic N) is 3. The molecule has 0 fully saturated rings. The number of nitrogens with two attached hydrogens (primary N) is 1. The molecule has 0 atom stereocenters. The fourth-order valence-electron chi connectivity index (χ4n) is 1.55. The van der Waals surface area contributed by atoms with E-state index in [4.69, 9.17) is 10.5 Å². The van der Waals surface area contributed by atoms with Gasteiger partial charge >= 0.3 is 0 Å². The summed E-state index contributed by atoms with van der Waals surface area (Å²) in [5, 5.41) is 19.9. The van der Waals surface area contributed by atoms with Crippen molar-refractivity contribution in [3.63, 3.8) is 0 Å². The number of methoxy groups -OCH3 is 1. The molecule has 2 rings (SSSR count). The van der Waals surface area contributed by atoms with Crippen molar-refractivity contribution in [3.8, 4) is 5.75 Å². The topological polar surface area (TPSA) is 149 Å². The molecular formula is C11H12N6O4S. The zero-order valence-corrected chi connectivity index (χ0v) is 12.2. The molecule has 1 aromatic carbocycles. The molecule has 0 aliphatic rings. The molecule has 0 radical (unpaired) electrons. The van der Waals surface area contributed by atoms with Crippen LogP contribution in [0.25, 0.3) is 0 Å². The number of nitrogen functional groups attached to an aromatic ring is 1. The van der Waals surface area contributed by atoms with E-state index in [1.165, 1.54) is 25.3 Å². The molecule has 10 nitrogen and oxygen atoms in total. The lowest BCUT2D eigenvalue weighted by atomic mass is 10.2. The van der Waals surface area contributed by atoms with Crippen molar-refractivity contribution in [1.29, 1.82) is 0 Å². The number of amides is 1. The van der Waals surface area contributed by atoms with E-state index in [1.807, 2.05) is 0 Å². The third-order valence-corrected chi connectivity index (χ3v) is 3.33. The minimum absolute atomic E-state index is 0.0170. The number of aromatic nitrogens is 3. The third kappa shape index (κ3) is 3.85. The molecular weight excluding hydrogens is 312 g/mol. The number of H-pyrrole nitrogens is 1. The third-order valence-electron chi connectivity index (χ3n) is 2.48. The van der Waals surface area contributed by atoms with Crippen molar-refractivity contribution in [2.45, 2.75) is 5.16 Å². The number of hydrogen-bond acceptors (Lipinski definition) is 8. The zero-order valence-electron chi connectivity index (χ0n) is 11.4. The van der Waals surface area contributed by atoms with Gasteiger partial charge in [-0.1, -0.05) is 11.8 Å².